The third-order valence-electron chi connectivity index (χ3n) is 3.57. The van der Waals surface area contributed by atoms with E-state index in [0.717, 1.165) is 30.6 Å². The second-order valence-corrected chi connectivity index (χ2v) is 5.33. The van der Waals surface area contributed by atoms with Crippen LogP contribution in [0.1, 0.15) is 36.2 Å². The molecule has 0 atom stereocenters. The topological polar surface area (TPSA) is 29.1 Å². The van der Waals surface area contributed by atoms with Gasteiger partial charge < -0.3 is 5.32 Å². The molecule has 2 aromatic rings. The van der Waals surface area contributed by atoms with Crippen molar-refractivity contribution < 1.29 is 4.79 Å². The van der Waals surface area contributed by atoms with Crippen molar-refractivity contribution >= 4 is 5.78 Å². The van der Waals surface area contributed by atoms with Crippen molar-refractivity contribution in [1.29, 1.82) is 0 Å². The molecule has 0 aliphatic carbocycles. The van der Waals surface area contributed by atoms with Gasteiger partial charge >= 0.3 is 0 Å². The van der Waals surface area contributed by atoms with E-state index in [1.165, 1.54) is 17.5 Å². The maximum atomic E-state index is 11.3. The second-order valence-electron chi connectivity index (χ2n) is 5.33. The van der Waals surface area contributed by atoms with Crippen LogP contribution in [-0.4, -0.2) is 18.9 Å². The number of ketones is 1. The summed E-state index contributed by atoms with van der Waals surface area (Å²) in [5, 5.41) is 3.43. The highest BCUT2D eigenvalue weighted by Gasteiger charge is 2.02. The van der Waals surface area contributed by atoms with Gasteiger partial charge in [-0.25, -0.2) is 0 Å². The van der Waals surface area contributed by atoms with E-state index in [0.29, 0.717) is 0 Å². The molecule has 0 spiro atoms. The van der Waals surface area contributed by atoms with Crippen molar-refractivity contribution in [2.24, 2.45) is 0 Å². The van der Waals surface area contributed by atoms with Gasteiger partial charge in [-0.05, 0) is 49.5 Å². The van der Waals surface area contributed by atoms with Gasteiger partial charge in [0.15, 0.2) is 5.78 Å². The molecule has 0 heterocycles. The standard InChI is InChI=1S/C19H23NO/c1-3-12-20-13-11-16-5-4-6-19(14-16)18-9-7-17(8-10-18)15(2)21/h4-10,14,20H,3,11-13H2,1-2H3. The lowest BCUT2D eigenvalue weighted by atomic mass is 10.00. The third kappa shape index (κ3) is 4.54. The van der Waals surface area contributed by atoms with E-state index < -0.39 is 0 Å². The summed E-state index contributed by atoms with van der Waals surface area (Å²) < 4.78 is 0. The molecular weight excluding hydrogens is 258 g/mol. The van der Waals surface area contributed by atoms with Crippen molar-refractivity contribution in [1.82, 2.24) is 5.32 Å². The number of rotatable bonds is 7. The Labute approximate surface area is 127 Å². The molecule has 0 aromatic heterocycles. The summed E-state index contributed by atoms with van der Waals surface area (Å²) >= 11 is 0. The first-order chi connectivity index (χ1) is 10.2. The summed E-state index contributed by atoms with van der Waals surface area (Å²) in [5.41, 5.74) is 4.46. The SMILES string of the molecule is CCCNCCc1cccc(-c2ccc(C(C)=O)cc2)c1. The molecular formula is C19H23NO. The van der Waals surface area contributed by atoms with Gasteiger partial charge in [0.25, 0.3) is 0 Å². The zero-order valence-electron chi connectivity index (χ0n) is 12.9. The van der Waals surface area contributed by atoms with Crippen LogP contribution in [0.25, 0.3) is 11.1 Å². The van der Waals surface area contributed by atoms with Crippen molar-refractivity contribution in [3.8, 4) is 11.1 Å². The second kappa shape index (κ2) is 7.75. The number of nitrogens with one attached hydrogen (secondary N) is 1. The smallest absolute Gasteiger partial charge is 0.159 e. The molecule has 0 bridgehead atoms. The van der Waals surface area contributed by atoms with Crippen LogP contribution in [0, 0.1) is 0 Å². The van der Waals surface area contributed by atoms with E-state index in [9.17, 15) is 4.79 Å². The molecule has 2 nitrogen and oxygen atoms in total. The highest BCUT2D eigenvalue weighted by molar-refractivity contribution is 5.94. The molecule has 0 fully saturated rings. The fraction of sp³-hybridized carbons (Fsp3) is 0.316. The number of carbonyl (C=O) groups excluding carboxylic acids is 1. The Hall–Kier alpha value is -1.93. The fourth-order valence-electron chi connectivity index (χ4n) is 2.34. The van der Waals surface area contributed by atoms with E-state index in [1.807, 2.05) is 24.3 Å². The lowest BCUT2D eigenvalue weighted by Crippen LogP contribution is -2.17. The van der Waals surface area contributed by atoms with Crippen molar-refractivity contribution in [2.75, 3.05) is 13.1 Å². The molecule has 2 heteroatoms. The Morgan fingerprint density at radius 1 is 1.00 bits per heavy atom. The molecule has 2 aromatic carbocycles. The average Bonchev–Trinajstić information content (AvgIpc) is 2.52. The first-order valence-corrected chi connectivity index (χ1v) is 7.61. The van der Waals surface area contributed by atoms with E-state index in [2.05, 4.69) is 36.5 Å². The summed E-state index contributed by atoms with van der Waals surface area (Å²) in [5.74, 6) is 0.109. The molecule has 0 aliphatic heterocycles. The average molecular weight is 281 g/mol. The minimum absolute atomic E-state index is 0.109. The Kier molecular flexibility index (Phi) is 5.70. The normalized spacial score (nSPS) is 10.6. The monoisotopic (exact) mass is 281 g/mol. The molecule has 0 amide bonds. The lowest BCUT2D eigenvalue weighted by Gasteiger charge is -2.07. The highest BCUT2D eigenvalue weighted by Crippen LogP contribution is 2.21. The maximum absolute atomic E-state index is 11.3. The van der Waals surface area contributed by atoms with E-state index in [4.69, 9.17) is 0 Å². The van der Waals surface area contributed by atoms with Gasteiger partial charge in [-0.15, -0.1) is 0 Å². The zero-order valence-corrected chi connectivity index (χ0v) is 12.9. The summed E-state index contributed by atoms with van der Waals surface area (Å²) in [6.07, 6.45) is 2.21. The van der Waals surface area contributed by atoms with Gasteiger partial charge in [0.05, 0.1) is 0 Å². The van der Waals surface area contributed by atoms with Crippen LogP contribution in [0.3, 0.4) is 0 Å². The van der Waals surface area contributed by atoms with Crippen molar-refractivity contribution in [3.05, 3.63) is 59.7 Å². The van der Waals surface area contributed by atoms with Crippen LogP contribution in [-0.2, 0) is 6.42 Å². The number of carbonyl (C=O) groups is 1. The van der Waals surface area contributed by atoms with Crippen LogP contribution in [0.2, 0.25) is 0 Å². The molecule has 0 saturated heterocycles. The van der Waals surface area contributed by atoms with E-state index >= 15 is 0 Å². The van der Waals surface area contributed by atoms with Crippen molar-refractivity contribution in [3.63, 3.8) is 0 Å². The number of hydrogen-bond donors (Lipinski definition) is 1. The Balaban J connectivity index is 2.07. The third-order valence-corrected chi connectivity index (χ3v) is 3.57. The fourth-order valence-corrected chi connectivity index (χ4v) is 2.34. The number of Topliss-reactive ketones (excluding diaryl/α,β-unsaturated/α-hetero) is 1. The summed E-state index contributed by atoms with van der Waals surface area (Å²) in [6, 6.07) is 16.4. The van der Waals surface area contributed by atoms with Gasteiger partial charge in [-0.2, -0.15) is 0 Å². The summed E-state index contributed by atoms with van der Waals surface area (Å²) in [7, 11) is 0. The van der Waals surface area contributed by atoms with Gasteiger partial charge in [0.2, 0.25) is 0 Å². The quantitative estimate of drug-likeness (QED) is 0.611. The zero-order chi connectivity index (χ0) is 15.1. The molecule has 1 N–H and O–H groups in total. The minimum Gasteiger partial charge on any atom is -0.316 e. The van der Waals surface area contributed by atoms with Crippen LogP contribution in [0.15, 0.2) is 48.5 Å². The lowest BCUT2D eigenvalue weighted by molar-refractivity contribution is 0.101. The predicted octanol–water partition coefficient (Wildman–Crippen LogP) is 4.10. The Bertz CT molecular complexity index is 587. The maximum Gasteiger partial charge on any atom is 0.159 e. The Morgan fingerprint density at radius 3 is 2.43 bits per heavy atom. The van der Waals surface area contributed by atoms with Crippen molar-refractivity contribution in [2.45, 2.75) is 26.7 Å². The van der Waals surface area contributed by atoms with Crippen LogP contribution < -0.4 is 5.32 Å². The van der Waals surface area contributed by atoms with Gasteiger partial charge in [0.1, 0.15) is 0 Å². The molecule has 0 radical (unpaired) electrons. The summed E-state index contributed by atoms with van der Waals surface area (Å²) in [6.45, 7) is 5.87. The molecule has 110 valence electrons. The number of hydrogen-bond acceptors (Lipinski definition) is 2. The molecule has 0 unspecified atom stereocenters. The van der Waals surface area contributed by atoms with Gasteiger partial charge in [-0.1, -0.05) is 55.5 Å². The van der Waals surface area contributed by atoms with Crippen LogP contribution >= 0.6 is 0 Å². The van der Waals surface area contributed by atoms with Gasteiger partial charge in [-0.3, -0.25) is 4.79 Å². The van der Waals surface area contributed by atoms with Gasteiger partial charge in [0, 0.05) is 5.56 Å². The molecule has 0 saturated carbocycles. The molecule has 0 aliphatic rings. The van der Waals surface area contributed by atoms with E-state index in [1.54, 1.807) is 6.92 Å². The summed E-state index contributed by atoms with van der Waals surface area (Å²) in [4.78, 5) is 11.3. The largest absolute Gasteiger partial charge is 0.316 e. The van der Waals surface area contributed by atoms with E-state index in [-0.39, 0.29) is 5.78 Å². The predicted molar refractivity (Wildman–Crippen MR) is 88.7 cm³/mol. The van der Waals surface area contributed by atoms with Crippen LogP contribution in [0.4, 0.5) is 0 Å². The van der Waals surface area contributed by atoms with Crippen LogP contribution in [0.5, 0.6) is 0 Å². The molecule has 21 heavy (non-hydrogen) atoms. The number of benzene rings is 2. The Morgan fingerprint density at radius 2 is 1.76 bits per heavy atom. The highest BCUT2D eigenvalue weighted by atomic mass is 16.1. The minimum atomic E-state index is 0.109. The first kappa shape index (κ1) is 15.5. The first-order valence-electron chi connectivity index (χ1n) is 7.61. The molecule has 2 rings (SSSR count).